The summed E-state index contributed by atoms with van der Waals surface area (Å²) in [5, 5.41) is 22.0. The molecule has 158 valence electrons. The van der Waals surface area contributed by atoms with E-state index < -0.39 is 11.8 Å². The second-order valence-corrected chi connectivity index (χ2v) is 6.83. The topological polar surface area (TPSA) is 111 Å². The van der Waals surface area contributed by atoms with E-state index in [4.69, 9.17) is 0 Å². The highest BCUT2D eigenvalue weighted by Gasteiger charge is 2.22. The molecule has 0 aliphatic heterocycles. The number of amides is 2. The molecule has 0 saturated heterocycles. The Kier molecular flexibility index (Phi) is 6.90. The fraction of sp³-hybridized carbons (Fsp3) is 0.0833. The van der Waals surface area contributed by atoms with Crippen molar-refractivity contribution in [2.75, 3.05) is 6.54 Å². The fourth-order valence-electron chi connectivity index (χ4n) is 3.08. The first-order valence-electron chi connectivity index (χ1n) is 9.59. The van der Waals surface area contributed by atoms with Gasteiger partial charge in [-0.05, 0) is 29.3 Å². The SMILES string of the molecule is C=C(NNC(=O)CNC(=O)C(c1ccccc1)c1ccccc1)c1cc(O)ccc1O. The predicted molar refractivity (Wildman–Crippen MR) is 118 cm³/mol. The van der Waals surface area contributed by atoms with E-state index >= 15 is 0 Å². The summed E-state index contributed by atoms with van der Waals surface area (Å²) in [7, 11) is 0. The van der Waals surface area contributed by atoms with Crippen LogP contribution in [0.2, 0.25) is 0 Å². The average molecular weight is 417 g/mol. The minimum absolute atomic E-state index is 0.0535. The molecule has 0 atom stereocenters. The van der Waals surface area contributed by atoms with Gasteiger partial charge in [-0.2, -0.15) is 0 Å². The van der Waals surface area contributed by atoms with Gasteiger partial charge in [0.05, 0.1) is 18.2 Å². The van der Waals surface area contributed by atoms with Crippen molar-refractivity contribution in [2.45, 2.75) is 5.92 Å². The van der Waals surface area contributed by atoms with Crippen LogP contribution in [0.3, 0.4) is 0 Å². The number of carbonyl (C=O) groups is 2. The molecule has 0 aliphatic rings. The van der Waals surface area contributed by atoms with Crippen molar-refractivity contribution in [3.63, 3.8) is 0 Å². The molecule has 7 nitrogen and oxygen atoms in total. The van der Waals surface area contributed by atoms with Crippen molar-refractivity contribution in [2.24, 2.45) is 0 Å². The number of nitrogens with one attached hydrogen (secondary N) is 3. The van der Waals surface area contributed by atoms with E-state index in [1.54, 1.807) is 0 Å². The van der Waals surface area contributed by atoms with Gasteiger partial charge in [-0.3, -0.25) is 20.4 Å². The third-order valence-electron chi connectivity index (χ3n) is 4.61. The summed E-state index contributed by atoms with van der Waals surface area (Å²) in [6.45, 7) is 3.45. The van der Waals surface area contributed by atoms with Crippen LogP contribution >= 0.6 is 0 Å². The first kappa shape index (κ1) is 21.4. The smallest absolute Gasteiger partial charge is 0.257 e. The molecule has 0 fully saturated rings. The number of hydrogen-bond acceptors (Lipinski definition) is 5. The molecule has 7 heteroatoms. The third-order valence-corrected chi connectivity index (χ3v) is 4.61. The molecule has 0 aliphatic carbocycles. The van der Waals surface area contributed by atoms with E-state index in [1.807, 2.05) is 60.7 Å². The van der Waals surface area contributed by atoms with Crippen LogP contribution < -0.4 is 16.2 Å². The van der Waals surface area contributed by atoms with Crippen molar-refractivity contribution in [3.8, 4) is 11.5 Å². The number of carbonyl (C=O) groups excluding carboxylic acids is 2. The van der Waals surface area contributed by atoms with Gasteiger partial charge in [0.15, 0.2) is 0 Å². The van der Waals surface area contributed by atoms with E-state index in [-0.39, 0.29) is 35.2 Å². The van der Waals surface area contributed by atoms with Gasteiger partial charge in [0.1, 0.15) is 11.5 Å². The van der Waals surface area contributed by atoms with Gasteiger partial charge in [0.25, 0.3) is 5.91 Å². The highest BCUT2D eigenvalue weighted by Crippen LogP contribution is 2.26. The zero-order valence-electron chi connectivity index (χ0n) is 16.7. The van der Waals surface area contributed by atoms with Crippen molar-refractivity contribution in [3.05, 3.63) is 102 Å². The van der Waals surface area contributed by atoms with Gasteiger partial charge < -0.3 is 15.5 Å². The van der Waals surface area contributed by atoms with Crippen LogP contribution in [0, 0.1) is 0 Å². The Balaban J connectivity index is 1.60. The Morgan fingerprint density at radius 2 is 1.42 bits per heavy atom. The predicted octanol–water partition coefficient (Wildman–Crippen LogP) is 2.64. The maximum Gasteiger partial charge on any atom is 0.257 e. The molecule has 31 heavy (non-hydrogen) atoms. The van der Waals surface area contributed by atoms with Crippen LogP contribution in [0.1, 0.15) is 22.6 Å². The van der Waals surface area contributed by atoms with Gasteiger partial charge in [-0.1, -0.05) is 67.2 Å². The zero-order valence-corrected chi connectivity index (χ0v) is 16.7. The second kappa shape index (κ2) is 9.98. The summed E-state index contributed by atoms with van der Waals surface area (Å²) in [5.41, 5.74) is 7.02. The largest absolute Gasteiger partial charge is 0.508 e. The maximum atomic E-state index is 12.9. The van der Waals surface area contributed by atoms with Gasteiger partial charge in [-0.25, -0.2) is 0 Å². The Hall–Kier alpha value is -4.26. The first-order valence-corrected chi connectivity index (χ1v) is 9.59. The van der Waals surface area contributed by atoms with E-state index in [9.17, 15) is 19.8 Å². The van der Waals surface area contributed by atoms with Gasteiger partial charge in [0, 0.05) is 5.56 Å². The molecular formula is C24H23N3O4. The standard InChI is InChI=1S/C24H23N3O4/c1-16(20-14-19(28)12-13-21(20)29)26-27-22(30)15-25-24(31)23(17-8-4-2-5-9-17)18-10-6-3-7-11-18/h2-14,23,26,28-29H,1,15H2,(H,25,31)(H,27,30). The summed E-state index contributed by atoms with van der Waals surface area (Å²) in [5.74, 6) is -1.53. The molecule has 0 aromatic heterocycles. The maximum absolute atomic E-state index is 12.9. The number of hydrazine groups is 1. The van der Waals surface area contributed by atoms with E-state index in [1.165, 1.54) is 18.2 Å². The molecule has 5 N–H and O–H groups in total. The number of phenols is 2. The van der Waals surface area contributed by atoms with Crippen LogP contribution in [0.25, 0.3) is 5.70 Å². The van der Waals surface area contributed by atoms with Crippen LogP contribution in [0.4, 0.5) is 0 Å². The van der Waals surface area contributed by atoms with Gasteiger partial charge in [-0.15, -0.1) is 0 Å². The zero-order chi connectivity index (χ0) is 22.2. The molecule has 0 bridgehead atoms. The fourth-order valence-corrected chi connectivity index (χ4v) is 3.08. The minimum Gasteiger partial charge on any atom is -0.508 e. The Labute approximate surface area is 180 Å². The monoisotopic (exact) mass is 417 g/mol. The van der Waals surface area contributed by atoms with Crippen LogP contribution in [-0.2, 0) is 9.59 Å². The Morgan fingerprint density at radius 1 is 0.839 bits per heavy atom. The number of benzene rings is 3. The minimum atomic E-state index is -0.553. The summed E-state index contributed by atoms with van der Waals surface area (Å²) in [4.78, 5) is 25.1. The normalized spacial score (nSPS) is 10.4. The summed E-state index contributed by atoms with van der Waals surface area (Å²) >= 11 is 0. The highest BCUT2D eigenvalue weighted by atomic mass is 16.3. The van der Waals surface area contributed by atoms with Crippen molar-refractivity contribution in [1.29, 1.82) is 0 Å². The van der Waals surface area contributed by atoms with E-state index in [0.717, 1.165) is 11.1 Å². The van der Waals surface area contributed by atoms with Crippen LogP contribution in [0.15, 0.2) is 85.4 Å². The lowest BCUT2D eigenvalue weighted by Crippen LogP contribution is -2.44. The lowest BCUT2D eigenvalue weighted by atomic mass is 9.90. The quantitative estimate of drug-likeness (QED) is 0.286. The molecular weight excluding hydrogens is 394 g/mol. The molecule has 0 heterocycles. The molecule has 3 rings (SSSR count). The van der Waals surface area contributed by atoms with Crippen molar-refractivity contribution < 1.29 is 19.8 Å². The first-order chi connectivity index (χ1) is 15.0. The van der Waals surface area contributed by atoms with Crippen molar-refractivity contribution >= 4 is 17.5 Å². The highest BCUT2D eigenvalue weighted by molar-refractivity contribution is 5.90. The Morgan fingerprint density at radius 3 is 2.00 bits per heavy atom. The summed E-state index contributed by atoms with van der Waals surface area (Å²) in [6, 6.07) is 22.6. The van der Waals surface area contributed by atoms with Crippen LogP contribution in [0.5, 0.6) is 11.5 Å². The lowest BCUT2D eigenvalue weighted by molar-refractivity contribution is -0.126. The van der Waals surface area contributed by atoms with E-state index in [0.29, 0.717) is 0 Å². The molecule has 3 aromatic rings. The third kappa shape index (κ3) is 5.63. The lowest BCUT2D eigenvalue weighted by Gasteiger charge is -2.18. The molecule has 2 amide bonds. The molecule has 0 spiro atoms. The number of hydrogen-bond donors (Lipinski definition) is 5. The summed E-state index contributed by atoms with van der Waals surface area (Å²) in [6.07, 6.45) is 0. The number of rotatable bonds is 8. The Bertz CT molecular complexity index is 1030. The van der Waals surface area contributed by atoms with Gasteiger partial charge >= 0.3 is 0 Å². The van der Waals surface area contributed by atoms with E-state index in [2.05, 4.69) is 22.7 Å². The molecule has 3 aromatic carbocycles. The van der Waals surface area contributed by atoms with Gasteiger partial charge in [0.2, 0.25) is 5.91 Å². The van der Waals surface area contributed by atoms with Crippen molar-refractivity contribution in [1.82, 2.24) is 16.2 Å². The molecule has 0 unspecified atom stereocenters. The number of aromatic hydroxyl groups is 2. The van der Waals surface area contributed by atoms with Crippen LogP contribution in [-0.4, -0.2) is 28.6 Å². The average Bonchev–Trinajstić information content (AvgIpc) is 2.79. The number of phenolic OH excluding ortho intramolecular Hbond substituents is 2. The summed E-state index contributed by atoms with van der Waals surface area (Å²) < 4.78 is 0. The molecule has 0 saturated carbocycles. The second-order valence-electron chi connectivity index (χ2n) is 6.83. The molecule has 0 radical (unpaired) electrons.